The van der Waals surface area contributed by atoms with Crippen LogP contribution in [0.15, 0.2) is 22.6 Å². The zero-order chi connectivity index (χ0) is 25.2. The van der Waals surface area contributed by atoms with Gasteiger partial charge in [0.15, 0.2) is 22.1 Å². The lowest BCUT2D eigenvalue weighted by atomic mass is 11.0. The predicted molar refractivity (Wildman–Crippen MR) is 116 cm³/mol. The first-order valence-electron chi connectivity index (χ1n) is 8.38. The van der Waals surface area contributed by atoms with E-state index in [9.17, 15) is 43.2 Å². The number of alkyl halides is 6. The van der Waals surface area contributed by atoms with Crippen molar-refractivity contribution in [3.05, 3.63) is 0 Å². The van der Waals surface area contributed by atoms with E-state index in [0.717, 1.165) is 0 Å². The van der Waals surface area contributed by atoms with Gasteiger partial charge in [0.1, 0.15) is 0 Å². The van der Waals surface area contributed by atoms with E-state index in [2.05, 4.69) is 22.6 Å². The van der Waals surface area contributed by atoms with Crippen LogP contribution in [0.2, 0.25) is 0 Å². The van der Waals surface area contributed by atoms with Crippen LogP contribution in [0.4, 0.5) is 26.3 Å². The maximum Gasteiger partial charge on any atom is 0.519 e. The molecule has 0 aliphatic carbocycles. The molecule has 1 rings (SSSR count). The predicted octanol–water partition coefficient (Wildman–Crippen LogP) is 4.09. The van der Waals surface area contributed by atoms with Crippen molar-refractivity contribution < 1.29 is 43.2 Å². The van der Waals surface area contributed by atoms with Crippen LogP contribution in [0.5, 0.6) is 0 Å². The fraction of sp³-hybridized carbons (Fsp3) is 1.00. The third-order valence-electron chi connectivity index (χ3n) is 3.59. The Morgan fingerprint density at radius 1 is 0.625 bits per heavy atom. The van der Waals surface area contributed by atoms with Crippen LogP contribution >= 0.6 is 0 Å². The topological polar surface area (TPSA) is 142 Å². The summed E-state index contributed by atoms with van der Waals surface area (Å²) in [5.41, 5.74) is -11.4. The molecule has 0 bridgehead atoms. The molecule has 1 aliphatic rings. The SMILES string of the molecule is CCS1(CC)=NS(=NS(=O)(=O)C(F)(F)F)N=S(CC)(CC)=NS(=NS(=O)(=O)C(F)(F)F)N=1. The Balaban J connectivity index is 4.25. The average Bonchev–Trinajstić information content (AvgIpc) is 2.62. The van der Waals surface area contributed by atoms with E-state index >= 15 is 0 Å². The molecule has 0 aromatic rings. The van der Waals surface area contributed by atoms with Crippen LogP contribution in [0, 0.1) is 0 Å². The van der Waals surface area contributed by atoms with Crippen molar-refractivity contribution in [3.8, 4) is 0 Å². The Morgan fingerprint density at radius 2 is 0.844 bits per heavy atom. The van der Waals surface area contributed by atoms with Gasteiger partial charge >= 0.3 is 31.1 Å². The fourth-order valence-corrected chi connectivity index (χ4v) is 14.8. The Morgan fingerprint density at radius 3 is 1.00 bits per heavy atom. The lowest BCUT2D eigenvalue weighted by Crippen LogP contribution is -2.22. The summed E-state index contributed by atoms with van der Waals surface area (Å²) >= 11 is -4.88. The first-order chi connectivity index (χ1) is 14.3. The smallest absolute Gasteiger partial charge is 0.194 e. The van der Waals surface area contributed by atoms with E-state index < -0.39 is 72.4 Å². The maximum absolute atomic E-state index is 12.9. The molecule has 22 heteroatoms. The second kappa shape index (κ2) is 10.1. The number of hydrogen-bond donors (Lipinski definition) is 0. The van der Waals surface area contributed by atoms with Gasteiger partial charge in [-0.2, -0.15) is 58.3 Å². The molecule has 10 nitrogen and oxygen atoms in total. The quantitative estimate of drug-likeness (QED) is 0.427. The number of nitrogens with zero attached hydrogens (tertiary/aromatic N) is 6. The van der Waals surface area contributed by atoms with Crippen molar-refractivity contribution in [3.63, 3.8) is 0 Å². The van der Waals surface area contributed by atoms with Crippen molar-refractivity contribution in [2.45, 2.75) is 38.7 Å². The molecule has 0 aromatic heterocycles. The largest absolute Gasteiger partial charge is 0.519 e. The summed E-state index contributed by atoms with van der Waals surface area (Å²) in [4.78, 5) is 0. The van der Waals surface area contributed by atoms with Gasteiger partial charge in [-0.25, -0.2) is 0 Å². The van der Waals surface area contributed by atoms with E-state index in [4.69, 9.17) is 0 Å². The first-order valence-corrected chi connectivity index (χ1v) is 17.2. The van der Waals surface area contributed by atoms with E-state index in [1.165, 1.54) is 27.7 Å². The molecule has 0 radical (unpaired) electrons. The Hall–Kier alpha value is -0.320. The molecule has 0 N–H and O–H groups in total. The van der Waals surface area contributed by atoms with Crippen LogP contribution < -0.4 is 0 Å². The molecule has 0 saturated heterocycles. The third-order valence-corrected chi connectivity index (χ3v) is 17.7. The molecule has 192 valence electrons. The average molecular weight is 595 g/mol. The van der Waals surface area contributed by atoms with Crippen LogP contribution in [0.25, 0.3) is 0 Å². The van der Waals surface area contributed by atoms with Gasteiger partial charge in [0.05, 0.1) is 0 Å². The molecule has 0 unspecified atom stereocenters. The highest BCUT2D eigenvalue weighted by molar-refractivity contribution is 8.15. The highest BCUT2D eigenvalue weighted by Crippen LogP contribution is 2.29. The molecule has 1 heterocycles. The fourth-order valence-electron chi connectivity index (χ4n) is 1.70. The van der Waals surface area contributed by atoms with Crippen LogP contribution in [-0.2, 0) is 61.4 Å². The van der Waals surface area contributed by atoms with Gasteiger partial charge in [-0.3, -0.25) is 0 Å². The molecule has 0 aromatic carbocycles. The number of hydrogen-bond acceptors (Lipinski definition) is 4. The lowest BCUT2D eigenvalue weighted by Gasteiger charge is -2.18. The number of sulfonamides is 2. The standard InChI is InChI=1S/C10H20F6N6O4S6/c1-5-29(6-2)17-27(21-31(23,24)9(11,12)13)19-30(7-3,8-4)20-28(18-29)22-32(25,26)10(14,15)16/h5-8H2,1-4H3. The zero-order valence-corrected chi connectivity index (χ0v) is 21.8. The molecular formula is C10H20F6N6O4S6. The summed E-state index contributed by atoms with van der Waals surface area (Å²) in [5, 5.41) is 0. The minimum atomic E-state index is -5.99. The van der Waals surface area contributed by atoms with Crippen molar-refractivity contribution in [1.29, 1.82) is 0 Å². The maximum atomic E-state index is 12.9. The van der Waals surface area contributed by atoms with Crippen LogP contribution in [-0.4, -0.2) is 50.9 Å². The highest BCUT2D eigenvalue weighted by Gasteiger charge is 2.47. The lowest BCUT2D eigenvalue weighted by molar-refractivity contribution is -0.0440. The molecule has 0 amide bonds. The summed E-state index contributed by atoms with van der Waals surface area (Å²) in [6, 6.07) is 0. The van der Waals surface area contributed by atoms with E-state index in [-0.39, 0.29) is 23.0 Å². The van der Waals surface area contributed by atoms with Crippen LogP contribution in [0.3, 0.4) is 0 Å². The highest BCUT2D eigenvalue weighted by atomic mass is 32.3. The van der Waals surface area contributed by atoms with Gasteiger partial charge in [-0.05, 0) is 19.2 Å². The molecule has 0 spiro atoms. The molecule has 0 fully saturated rings. The van der Waals surface area contributed by atoms with Crippen molar-refractivity contribution in [2.24, 2.45) is 22.6 Å². The second-order valence-electron chi connectivity index (χ2n) is 5.54. The molecule has 0 atom stereocenters. The zero-order valence-electron chi connectivity index (χ0n) is 16.9. The van der Waals surface area contributed by atoms with Crippen molar-refractivity contribution >= 4 is 61.4 Å². The van der Waals surface area contributed by atoms with Gasteiger partial charge in [-0.15, -0.1) is 0 Å². The Labute approximate surface area is 188 Å². The van der Waals surface area contributed by atoms with Gasteiger partial charge in [-0.1, -0.05) is 35.2 Å². The summed E-state index contributed by atoms with van der Waals surface area (Å²) in [6.45, 7) is 5.80. The first kappa shape index (κ1) is 29.7. The van der Waals surface area contributed by atoms with Crippen LogP contribution in [0.1, 0.15) is 27.7 Å². The summed E-state index contributed by atoms with van der Waals surface area (Å²) < 4.78 is 145. The van der Waals surface area contributed by atoms with Gasteiger partial charge in [0.25, 0.3) is 0 Å². The number of rotatable bonds is 6. The third kappa shape index (κ3) is 6.85. The number of halogens is 6. The van der Waals surface area contributed by atoms with E-state index in [1.807, 2.05) is 0 Å². The molecule has 32 heavy (non-hydrogen) atoms. The minimum absolute atomic E-state index is 0.0642. The van der Waals surface area contributed by atoms with E-state index in [0.29, 0.717) is 0 Å². The monoisotopic (exact) mass is 594 g/mol. The Kier molecular flexibility index (Phi) is 9.40. The molecule has 0 saturated carbocycles. The molecule has 1 aliphatic heterocycles. The summed E-state index contributed by atoms with van der Waals surface area (Å²) in [7, 11) is -17.8. The second-order valence-corrected chi connectivity index (χ2v) is 18.4. The van der Waals surface area contributed by atoms with Gasteiger partial charge < -0.3 is 0 Å². The Bertz CT molecular complexity index is 1120. The van der Waals surface area contributed by atoms with Gasteiger partial charge in [0.2, 0.25) is 0 Å². The van der Waals surface area contributed by atoms with Gasteiger partial charge in [0, 0.05) is 23.0 Å². The normalized spacial score (nSPS) is 23.9. The minimum Gasteiger partial charge on any atom is -0.194 e. The summed E-state index contributed by atoms with van der Waals surface area (Å²) in [5.74, 6) is -0.257. The van der Waals surface area contributed by atoms with Crippen molar-refractivity contribution in [2.75, 3.05) is 23.0 Å². The molecular weight excluding hydrogens is 575 g/mol. The van der Waals surface area contributed by atoms with Crippen molar-refractivity contribution in [1.82, 2.24) is 0 Å². The van der Waals surface area contributed by atoms with E-state index in [1.54, 1.807) is 0 Å². The summed E-state index contributed by atoms with van der Waals surface area (Å²) in [6.07, 6.45) is 0.